The summed E-state index contributed by atoms with van der Waals surface area (Å²) in [4.78, 5) is 9.60. The Hall–Kier alpha value is -3.00. The third-order valence-electron chi connectivity index (χ3n) is 6.07. The number of hydrogen-bond donors (Lipinski definition) is 3. The van der Waals surface area contributed by atoms with Gasteiger partial charge in [-0.1, -0.05) is 42.5 Å². The first-order chi connectivity index (χ1) is 16.4. The van der Waals surface area contributed by atoms with Crippen molar-refractivity contribution in [3.8, 4) is 0 Å². The predicted molar refractivity (Wildman–Crippen MR) is 140 cm³/mol. The molecular weight excluding hydrogens is 424 g/mol. The maximum absolute atomic E-state index is 6.44. The molecule has 5 N–H and O–H groups in total. The van der Waals surface area contributed by atoms with Crippen LogP contribution >= 0.6 is 0 Å². The molecule has 2 aromatic heterocycles. The van der Waals surface area contributed by atoms with Gasteiger partial charge in [0.1, 0.15) is 17.9 Å². The average Bonchev–Trinajstić information content (AvgIpc) is 3.16. The standard InChI is InChI=1S/C27H36N6O/c1-4-34-17-23-32-24-25(33(23)18-27(2,3)30-14-8-13-28)21-12-11-20(16-22(21)31-26(24)29)15-19-9-6-5-7-10-19/h5-7,9-12,16,30H,4,8,13-15,17-18,28H2,1-3H3,(H2,29,31). The zero-order valence-electron chi connectivity index (χ0n) is 20.5. The molecule has 4 rings (SSSR count). The molecule has 0 saturated heterocycles. The number of nitrogens with two attached hydrogens (primary N) is 2. The summed E-state index contributed by atoms with van der Waals surface area (Å²) in [7, 11) is 0. The largest absolute Gasteiger partial charge is 0.382 e. The van der Waals surface area contributed by atoms with E-state index >= 15 is 0 Å². The zero-order chi connectivity index (χ0) is 24.1. The SMILES string of the molecule is CCOCc1nc2c(N)nc3cc(Cc4ccccc4)ccc3c2n1CC(C)(C)NCCCN. The van der Waals surface area contributed by atoms with Crippen molar-refractivity contribution >= 4 is 27.8 Å². The minimum Gasteiger partial charge on any atom is -0.382 e. The minimum atomic E-state index is -0.165. The third kappa shape index (κ3) is 5.38. The molecule has 2 heterocycles. The Morgan fingerprint density at radius 2 is 1.85 bits per heavy atom. The third-order valence-corrected chi connectivity index (χ3v) is 6.07. The molecule has 0 aliphatic heterocycles. The molecular formula is C27H36N6O. The summed E-state index contributed by atoms with van der Waals surface area (Å²) < 4.78 is 8.01. The van der Waals surface area contributed by atoms with Crippen molar-refractivity contribution in [3.63, 3.8) is 0 Å². The van der Waals surface area contributed by atoms with Gasteiger partial charge in [0.2, 0.25) is 0 Å². The van der Waals surface area contributed by atoms with Gasteiger partial charge in [0.05, 0.1) is 11.0 Å². The smallest absolute Gasteiger partial charge is 0.152 e. The van der Waals surface area contributed by atoms with Gasteiger partial charge >= 0.3 is 0 Å². The summed E-state index contributed by atoms with van der Waals surface area (Å²) in [6.07, 6.45) is 1.78. The number of aromatic nitrogens is 3. The number of nitrogen functional groups attached to an aromatic ring is 1. The monoisotopic (exact) mass is 460 g/mol. The molecule has 4 aromatic rings. The van der Waals surface area contributed by atoms with E-state index in [4.69, 9.17) is 26.2 Å². The van der Waals surface area contributed by atoms with Gasteiger partial charge in [-0.05, 0) is 63.9 Å². The van der Waals surface area contributed by atoms with Gasteiger partial charge in [-0.15, -0.1) is 0 Å². The van der Waals surface area contributed by atoms with Crippen LogP contribution in [0.3, 0.4) is 0 Å². The summed E-state index contributed by atoms with van der Waals surface area (Å²) in [5.41, 5.74) is 17.1. The highest BCUT2D eigenvalue weighted by Gasteiger charge is 2.24. The summed E-state index contributed by atoms with van der Waals surface area (Å²) >= 11 is 0. The van der Waals surface area contributed by atoms with Crippen LogP contribution in [0, 0.1) is 0 Å². The molecule has 0 aliphatic carbocycles. The molecule has 0 saturated carbocycles. The van der Waals surface area contributed by atoms with E-state index in [-0.39, 0.29) is 5.54 Å². The molecule has 7 nitrogen and oxygen atoms in total. The second kappa shape index (κ2) is 10.5. The van der Waals surface area contributed by atoms with Gasteiger partial charge in [-0.25, -0.2) is 9.97 Å². The second-order valence-electron chi connectivity index (χ2n) is 9.41. The van der Waals surface area contributed by atoms with Crippen LogP contribution in [-0.2, 0) is 24.3 Å². The molecule has 180 valence electrons. The Morgan fingerprint density at radius 3 is 2.59 bits per heavy atom. The number of fused-ring (bicyclic) bond motifs is 3. The van der Waals surface area contributed by atoms with Gasteiger partial charge in [0, 0.05) is 24.1 Å². The highest BCUT2D eigenvalue weighted by Crippen LogP contribution is 2.31. The van der Waals surface area contributed by atoms with E-state index in [0.29, 0.717) is 25.6 Å². The van der Waals surface area contributed by atoms with Crippen molar-refractivity contribution in [2.45, 2.75) is 52.3 Å². The van der Waals surface area contributed by atoms with E-state index in [1.54, 1.807) is 0 Å². The maximum Gasteiger partial charge on any atom is 0.152 e. The summed E-state index contributed by atoms with van der Waals surface area (Å²) in [6, 6.07) is 16.9. The lowest BCUT2D eigenvalue weighted by Crippen LogP contribution is -2.44. The molecule has 0 radical (unpaired) electrons. The van der Waals surface area contributed by atoms with Crippen LogP contribution in [-0.4, -0.2) is 39.8 Å². The number of rotatable bonds is 11. The lowest BCUT2D eigenvalue weighted by atomic mass is 10.0. The minimum absolute atomic E-state index is 0.165. The van der Waals surface area contributed by atoms with Crippen molar-refractivity contribution in [1.29, 1.82) is 0 Å². The Bertz CT molecular complexity index is 1250. The number of ether oxygens (including phenoxy) is 1. The van der Waals surface area contributed by atoms with Crippen LogP contribution in [0.5, 0.6) is 0 Å². The second-order valence-corrected chi connectivity index (χ2v) is 9.41. The fourth-order valence-corrected chi connectivity index (χ4v) is 4.40. The normalized spacial score (nSPS) is 12.1. The number of nitrogens with zero attached hydrogens (tertiary/aromatic N) is 3. The molecule has 34 heavy (non-hydrogen) atoms. The van der Waals surface area contributed by atoms with Crippen LogP contribution in [0.1, 0.15) is 44.1 Å². The molecule has 0 spiro atoms. The number of nitrogens with one attached hydrogen (secondary N) is 1. The molecule has 0 fully saturated rings. The van der Waals surface area contributed by atoms with Crippen LogP contribution in [0.25, 0.3) is 21.9 Å². The van der Waals surface area contributed by atoms with Gasteiger partial charge in [-0.2, -0.15) is 0 Å². The lowest BCUT2D eigenvalue weighted by molar-refractivity contribution is 0.124. The van der Waals surface area contributed by atoms with Crippen LogP contribution in [0.4, 0.5) is 5.82 Å². The van der Waals surface area contributed by atoms with Gasteiger partial charge in [0.25, 0.3) is 0 Å². The first-order valence-corrected chi connectivity index (χ1v) is 12.1. The van der Waals surface area contributed by atoms with E-state index in [9.17, 15) is 0 Å². The molecule has 7 heteroatoms. The number of benzene rings is 2. The molecule has 0 unspecified atom stereocenters. The van der Waals surface area contributed by atoms with Gasteiger partial charge < -0.3 is 26.1 Å². The molecule has 0 amide bonds. The highest BCUT2D eigenvalue weighted by molar-refractivity contribution is 6.06. The number of imidazole rings is 1. The fraction of sp³-hybridized carbons (Fsp3) is 0.407. The molecule has 0 bridgehead atoms. The van der Waals surface area contributed by atoms with Crippen molar-refractivity contribution < 1.29 is 4.74 Å². The molecule has 0 atom stereocenters. The first kappa shape index (κ1) is 24.1. The van der Waals surface area contributed by atoms with Crippen LogP contribution in [0.2, 0.25) is 0 Å². The predicted octanol–water partition coefficient (Wildman–Crippen LogP) is 4.01. The fourth-order valence-electron chi connectivity index (χ4n) is 4.40. The number of pyridine rings is 1. The number of anilines is 1. The van der Waals surface area contributed by atoms with Crippen molar-refractivity contribution in [2.75, 3.05) is 25.4 Å². The van der Waals surface area contributed by atoms with E-state index < -0.39 is 0 Å². The molecule has 0 aliphatic rings. The topological polar surface area (TPSA) is 104 Å². The Kier molecular flexibility index (Phi) is 7.46. The van der Waals surface area contributed by atoms with Crippen LogP contribution in [0.15, 0.2) is 48.5 Å². The van der Waals surface area contributed by atoms with E-state index in [1.165, 1.54) is 11.1 Å². The van der Waals surface area contributed by atoms with E-state index in [0.717, 1.165) is 53.7 Å². The van der Waals surface area contributed by atoms with E-state index in [1.807, 2.05) is 13.0 Å². The van der Waals surface area contributed by atoms with Crippen molar-refractivity contribution in [3.05, 3.63) is 65.5 Å². The number of hydrogen-bond acceptors (Lipinski definition) is 6. The average molecular weight is 461 g/mol. The summed E-state index contributed by atoms with van der Waals surface area (Å²) in [5.74, 6) is 1.31. The molecule has 2 aromatic carbocycles. The van der Waals surface area contributed by atoms with Crippen LogP contribution < -0.4 is 16.8 Å². The van der Waals surface area contributed by atoms with Gasteiger partial charge in [0.15, 0.2) is 5.82 Å². The quantitative estimate of drug-likeness (QED) is 0.292. The zero-order valence-corrected chi connectivity index (χ0v) is 20.5. The van der Waals surface area contributed by atoms with E-state index in [2.05, 4.69) is 66.2 Å². The first-order valence-electron chi connectivity index (χ1n) is 12.1. The van der Waals surface area contributed by atoms with Crippen molar-refractivity contribution in [2.24, 2.45) is 5.73 Å². The van der Waals surface area contributed by atoms with Gasteiger partial charge in [-0.3, -0.25) is 0 Å². The maximum atomic E-state index is 6.44. The highest BCUT2D eigenvalue weighted by atomic mass is 16.5. The summed E-state index contributed by atoms with van der Waals surface area (Å²) in [6.45, 7) is 9.70. The Labute approximate surface area is 201 Å². The van der Waals surface area contributed by atoms with Crippen molar-refractivity contribution in [1.82, 2.24) is 19.9 Å². The lowest BCUT2D eigenvalue weighted by Gasteiger charge is -2.28. The Balaban J connectivity index is 1.79. The Morgan fingerprint density at radius 1 is 1.06 bits per heavy atom. The summed E-state index contributed by atoms with van der Waals surface area (Å²) in [5, 5.41) is 4.68.